The summed E-state index contributed by atoms with van der Waals surface area (Å²) < 4.78 is 6.18. The standard InChI is InChI=1S/C37H27NO/c1-26-22-31(27-10-3-2-4-11-27)25-32(23-26)30-13-9-12-29(24-30)28-18-20-33(21-19-28)38-34-14-5-7-16-36(34)39-37-17-8-6-15-35(37)38/h2-25H,1H3. The zero-order valence-electron chi connectivity index (χ0n) is 21.7. The van der Waals surface area contributed by atoms with E-state index in [1.165, 1.54) is 38.9 Å². The molecule has 2 nitrogen and oxygen atoms in total. The van der Waals surface area contributed by atoms with Crippen molar-refractivity contribution in [3.63, 3.8) is 0 Å². The Morgan fingerprint density at radius 2 is 0.897 bits per heavy atom. The third-order valence-electron chi connectivity index (χ3n) is 7.27. The van der Waals surface area contributed by atoms with Gasteiger partial charge in [0.2, 0.25) is 0 Å². The highest BCUT2D eigenvalue weighted by Crippen LogP contribution is 2.50. The molecule has 7 rings (SSSR count). The maximum atomic E-state index is 6.18. The monoisotopic (exact) mass is 501 g/mol. The van der Waals surface area contributed by atoms with Gasteiger partial charge in [0.05, 0.1) is 11.4 Å². The summed E-state index contributed by atoms with van der Waals surface area (Å²) in [5, 5.41) is 0. The molecule has 0 N–H and O–H groups in total. The summed E-state index contributed by atoms with van der Waals surface area (Å²) in [6.45, 7) is 2.17. The minimum absolute atomic E-state index is 0.862. The van der Waals surface area contributed by atoms with Crippen LogP contribution in [-0.2, 0) is 0 Å². The van der Waals surface area contributed by atoms with Crippen LogP contribution < -0.4 is 9.64 Å². The summed E-state index contributed by atoms with van der Waals surface area (Å²) in [6.07, 6.45) is 0. The van der Waals surface area contributed by atoms with Gasteiger partial charge in [0, 0.05) is 5.69 Å². The quantitative estimate of drug-likeness (QED) is 0.238. The van der Waals surface area contributed by atoms with Crippen LogP contribution in [0.1, 0.15) is 5.56 Å². The van der Waals surface area contributed by atoms with Crippen molar-refractivity contribution in [1.29, 1.82) is 0 Å². The first-order chi connectivity index (χ1) is 19.2. The lowest BCUT2D eigenvalue weighted by Crippen LogP contribution is -2.15. The minimum Gasteiger partial charge on any atom is -0.453 e. The number of aryl methyl sites for hydroxylation is 1. The number of fused-ring (bicyclic) bond motifs is 2. The van der Waals surface area contributed by atoms with E-state index in [4.69, 9.17) is 4.74 Å². The Morgan fingerprint density at radius 3 is 1.56 bits per heavy atom. The van der Waals surface area contributed by atoms with Crippen LogP contribution in [0.3, 0.4) is 0 Å². The van der Waals surface area contributed by atoms with Gasteiger partial charge in [-0.25, -0.2) is 0 Å². The zero-order valence-corrected chi connectivity index (χ0v) is 21.7. The maximum absolute atomic E-state index is 6.18. The van der Waals surface area contributed by atoms with Gasteiger partial charge in [-0.05, 0) is 94.4 Å². The summed E-state index contributed by atoms with van der Waals surface area (Å²) >= 11 is 0. The largest absolute Gasteiger partial charge is 0.453 e. The summed E-state index contributed by atoms with van der Waals surface area (Å²) in [4.78, 5) is 2.27. The molecule has 2 heteroatoms. The van der Waals surface area contributed by atoms with Gasteiger partial charge < -0.3 is 9.64 Å². The Labute approximate surface area is 229 Å². The average molecular weight is 502 g/mol. The second-order valence-electron chi connectivity index (χ2n) is 9.95. The van der Waals surface area contributed by atoms with Crippen molar-refractivity contribution in [2.24, 2.45) is 0 Å². The summed E-state index contributed by atoms with van der Waals surface area (Å²) in [7, 11) is 0. The molecular formula is C37H27NO. The van der Waals surface area contributed by atoms with E-state index in [0.29, 0.717) is 0 Å². The number of anilines is 3. The Bertz CT molecular complexity index is 1740. The fourth-order valence-corrected chi connectivity index (χ4v) is 5.41. The molecule has 1 aliphatic heterocycles. The molecule has 0 radical (unpaired) electrons. The number of ether oxygens (including phenoxy) is 1. The SMILES string of the molecule is Cc1cc(-c2ccccc2)cc(-c2cccc(-c3ccc(N4c5ccccc5Oc5ccccc54)cc3)c2)c1. The Morgan fingerprint density at radius 1 is 0.410 bits per heavy atom. The predicted octanol–water partition coefficient (Wildman–Crippen LogP) is 10.6. The van der Waals surface area contributed by atoms with Gasteiger partial charge in [0.15, 0.2) is 11.5 Å². The summed E-state index contributed by atoms with van der Waals surface area (Å²) in [6, 6.07) is 51.4. The van der Waals surface area contributed by atoms with E-state index in [1.807, 2.05) is 24.3 Å². The van der Waals surface area contributed by atoms with Crippen LogP contribution in [0.5, 0.6) is 11.5 Å². The summed E-state index contributed by atoms with van der Waals surface area (Å²) in [5.41, 5.74) is 11.8. The molecule has 6 aromatic carbocycles. The van der Waals surface area contributed by atoms with E-state index >= 15 is 0 Å². The molecule has 1 heterocycles. The third kappa shape index (κ3) is 4.36. The normalized spacial score (nSPS) is 11.9. The number of nitrogens with zero attached hydrogens (tertiary/aromatic N) is 1. The fourth-order valence-electron chi connectivity index (χ4n) is 5.41. The molecule has 0 saturated heterocycles. The van der Waals surface area contributed by atoms with E-state index in [2.05, 4.69) is 133 Å². The molecule has 0 bridgehead atoms. The molecule has 0 unspecified atom stereocenters. The predicted molar refractivity (Wildman–Crippen MR) is 162 cm³/mol. The van der Waals surface area contributed by atoms with Crippen LogP contribution in [0, 0.1) is 6.92 Å². The fraction of sp³-hybridized carbons (Fsp3) is 0.0270. The second-order valence-corrected chi connectivity index (χ2v) is 9.95. The molecule has 0 aliphatic carbocycles. The second kappa shape index (κ2) is 9.66. The summed E-state index contributed by atoms with van der Waals surface area (Å²) in [5.74, 6) is 1.72. The van der Waals surface area contributed by atoms with Crippen LogP contribution in [-0.4, -0.2) is 0 Å². The number of rotatable bonds is 4. The third-order valence-corrected chi connectivity index (χ3v) is 7.27. The first-order valence-corrected chi connectivity index (χ1v) is 13.3. The number of hydrogen-bond donors (Lipinski definition) is 0. The molecule has 0 atom stereocenters. The Hall–Kier alpha value is -5.08. The van der Waals surface area contributed by atoms with Crippen molar-refractivity contribution in [1.82, 2.24) is 0 Å². The lowest BCUT2D eigenvalue weighted by Gasteiger charge is -2.32. The van der Waals surface area contributed by atoms with Crippen LogP contribution >= 0.6 is 0 Å². The molecule has 0 fully saturated rings. The van der Waals surface area contributed by atoms with E-state index in [1.54, 1.807) is 0 Å². The van der Waals surface area contributed by atoms with Gasteiger partial charge in [-0.1, -0.05) is 97.1 Å². The minimum atomic E-state index is 0.862. The molecule has 0 spiro atoms. The van der Waals surface area contributed by atoms with Crippen molar-refractivity contribution in [2.75, 3.05) is 4.90 Å². The zero-order chi connectivity index (χ0) is 26.2. The first kappa shape index (κ1) is 23.1. The van der Waals surface area contributed by atoms with E-state index < -0.39 is 0 Å². The molecule has 39 heavy (non-hydrogen) atoms. The van der Waals surface area contributed by atoms with E-state index in [0.717, 1.165) is 28.6 Å². The van der Waals surface area contributed by atoms with Crippen LogP contribution in [0.4, 0.5) is 17.1 Å². The van der Waals surface area contributed by atoms with Gasteiger partial charge in [-0.2, -0.15) is 0 Å². The first-order valence-electron chi connectivity index (χ1n) is 13.3. The Balaban J connectivity index is 1.24. The molecule has 0 aromatic heterocycles. The molecule has 1 aliphatic rings. The van der Waals surface area contributed by atoms with Crippen molar-refractivity contribution in [3.8, 4) is 44.9 Å². The molecule has 6 aromatic rings. The van der Waals surface area contributed by atoms with Gasteiger partial charge >= 0.3 is 0 Å². The van der Waals surface area contributed by atoms with Gasteiger partial charge in [0.1, 0.15) is 0 Å². The van der Waals surface area contributed by atoms with Crippen LogP contribution in [0.2, 0.25) is 0 Å². The van der Waals surface area contributed by atoms with Gasteiger partial charge in [-0.3, -0.25) is 0 Å². The number of hydrogen-bond acceptors (Lipinski definition) is 2. The highest BCUT2D eigenvalue weighted by molar-refractivity contribution is 5.87. The van der Waals surface area contributed by atoms with Crippen LogP contribution in [0.25, 0.3) is 33.4 Å². The van der Waals surface area contributed by atoms with E-state index in [-0.39, 0.29) is 0 Å². The van der Waals surface area contributed by atoms with Crippen molar-refractivity contribution in [3.05, 3.63) is 151 Å². The topological polar surface area (TPSA) is 12.5 Å². The molecular weight excluding hydrogens is 474 g/mol. The van der Waals surface area contributed by atoms with Crippen molar-refractivity contribution in [2.45, 2.75) is 6.92 Å². The molecule has 0 saturated carbocycles. The van der Waals surface area contributed by atoms with Crippen molar-refractivity contribution >= 4 is 17.1 Å². The van der Waals surface area contributed by atoms with Crippen LogP contribution in [0.15, 0.2) is 146 Å². The Kier molecular flexibility index (Phi) is 5.71. The number of benzene rings is 6. The van der Waals surface area contributed by atoms with E-state index in [9.17, 15) is 0 Å². The average Bonchev–Trinajstić information content (AvgIpc) is 3.00. The van der Waals surface area contributed by atoms with Gasteiger partial charge in [0.25, 0.3) is 0 Å². The molecule has 0 amide bonds. The van der Waals surface area contributed by atoms with Gasteiger partial charge in [-0.15, -0.1) is 0 Å². The lowest BCUT2D eigenvalue weighted by molar-refractivity contribution is 0.477. The number of para-hydroxylation sites is 4. The molecule has 186 valence electrons. The maximum Gasteiger partial charge on any atom is 0.151 e. The lowest BCUT2D eigenvalue weighted by atomic mass is 9.94. The van der Waals surface area contributed by atoms with Crippen molar-refractivity contribution < 1.29 is 4.74 Å². The smallest absolute Gasteiger partial charge is 0.151 e. The highest BCUT2D eigenvalue weighted by Gasteiger charge is 2.25. The highest BCUT2D eigenvalue weighted by atomic mass is 16.5.